The molecule has 1 aromatic heterocycles. The maximum absolute atomic E-state index is 14.4. The molecule has 0 amide bonds. The van der Waals surface area contributed by atoms with Gasteiger partial charge in [0.2, 0.25) is 5.82 Å². The van der Waals surface area contributed by atoms with E-state index >= 15 is 0 Å². The fourth-order valence-electron chi connectivity index (χ4n) is 3.99. The Morgan fingerprint density at radius 3 is 2.41 bits per heavy atom. The van der Waals surface area contributed by atoms with Crippen molar-refractivity contribution < 1.29 is 13.3 Å². The lowest BCUT2D eigenvalue weighted by atomic mass is 9.94. The molecular weight excluding hydrogens is 454 g/mol. The van der Waals surface area contributed by atoms with E-state index in [1.54, 1.807) is 30.3 Å². The lowest BCUT2D eigenvalue weighted by molar-refractivity contribution is 0.395. The van der Waals surface area contributed by atoms with Gasteiger partial charge < -0.3 is 14.7 Å². The molecule has 1 aliphatic heterocycles. The largest absolute Gasteiger partial charge is 0.351 e. The van der Waals surface area contributed by atoms with E-state index in [9.17, 15) is 8.78 Å². The number of benzene rings is 3. The van der Waals surface area contributed by atoms with Crippen LogP contribution in [0.3, 0.4) is 0 Å². The molecule has 0 bridgehead atoms. The van der Waals surface area contributed by atoms with Crippen LogP contribution in [0, 0.1) is 11.6 Å². The second kappa shape index (κ2) is 9.15. The summed E-state index contributed by atoms with van der Waals surface area (Å²) < 4.78 is 33.4. The van der Waals surface area contributed by atoms with Crippen LogP contribution in [0.1, 0.15) is 30.0 Å². The minimum Gasteiger partial charge on any atom is -0.351 e. The second-order valence-electron chi connectivity index (χ2n) is 7.90. The number of nitrogens with zero attached hydrogens (tertiary/aromatic N) is 3. The van der Waals surface area contributed by atoms with Crippen LogP contribution in [-0.2, 0) is 6.54 Å². The predicted molar refractivity (Wildman–Crippen MR) is 129 cm³/mol. The smallest absolute Gasteiger partial charge is 0.258 e. The summed E-state index contributed by atoms with van der Waals surface area (Å²) in [6, 6.07) is 21.9. The zero-order valence-corrected chi connectivity index (χ0v) is 19.0. The summed E-state index contributed by atoms with van der Waals surface area (Å²) in [5, 5.41) is 7.94. The van der Waals surface area contributed by atoms with Gasteiger partial charge >= 0.3 is 0 Å². The average Bonchev–Trinajstić information content (AvgIpc) is 3.33. The van der Waals surface area contributed by atoms with Crippen LogP contribution in [0.25, 0.3) is 17.0 Å². The van der Waals surface area contributed by atoms with Gasteiger partial charge in [-0.1, -0.05) is 53.7 Å². The Morgan fingerprint density at radius 2 is 1.68 bits per heavy atom. The first-order chi connectivity index (χ1) is 16.5. The normalized spacial score (nSPS) is 16.0. The Labute approximate surface area is 200 Å². The molecule has 0 saturated heterocycles. The summed E-state index contributed by atoms with van der Waals surface area (Å²) >= 11 is 5.68. The second-order valence-corrected chi connectivity index (χ2v) is 8.29. The van der Waals surface area contributed by atoms with Crippen LogP contribution in [0.4, 0.5) is 8.78 Å². The van der Waals surface area contributed by atoms with Crippen LogP contribution in [0.2, 0.25) is 0 Å². The van der Waals surface area contributed by atoms with E-state index in [0.29, 0.717) is 28.0 Å². The number of thiocarbonyl (C=S) groups is 1. The lowest BCUT2D eigenvalue weighted by Gasteiger charge is -2.37. The Hall–Kier alpha value is -3.91. The first kappa shape index (κ1) is 21.9. The highest BCUT2D eigenvalue weighted by Gasteiger charge is 2.34. The molecule has 1 N–H and O–H groups in total. The third-order valence-corrected chi connectivity index (χ3v) is 6.11. The molecule has 1 aliphatic rings. The first-order valence-corrected chi connectivity index (χ1v) is 11.1. The predicted octanol–water partition coefficient (Wildman–Crippen LogP) is 5.88. The standard InChI is InChI=1S/C26H20F2N4OS/c1-16-22(25-30-24(31-33-25)18-11-13-20(27)14-12-18)23(17-7-3-2-4-8-17)29-26(34)32(16)15-19-9-5-6-10-21(19)28/h2-14,23H,15H2,1H3,(H,29,34). The van der Waals surface area contributed by atoms with Crippen molar-refractivity contribution in [1.29, 1.82) is 0 Å². The molecule has 2 heterocycles. The van der Waals surface area contributed by atoms with Crippen molar-refractivity contribution in [1.82, 2.24) is 20.4 Å². The highest BCUT2D eigenvalue weighted by molar-refractivity contribution is 7.80. The van der Waals surface area contributed by atoms with Crippen molar-refractivity contribution in [3.63, 3.8) is 0 Å². The SMILES string of the molecule is CC1=C(c2nc(-c3ccc(F)cc3)no2)C(c2ccccc2)NC(=S)N1Cc1ccccc1F. The van der Waals surface area contributed by atoms with Gasteiger partial charge in [-0.15, -0.1) is 0 Å². The van der Waals surface area contributed by atoms with Gasteiger partial charge in [-0.3, -0.25) is 0 Å². The minimum absolute atomic E-state index is 0.244. The summed E-state index contributed by atoms with van der Waals surface area (Å²) in [4.78, 5) is 6.43. The summed E-state index contributed by atoms with van der Waals surface area (Å²) in [7, 11) is 0. The number of nitrogens with one attached hydrogen (secondary N) is 1. The maximum Gasteiger partial charge on any atom is 0.258 e. The van der Waals surface area contributed by atoms with Gasteiger partial charge in [-0.05, 0) is 55.0 Å². The summed E-state index contributed by atoms with van der Waals surface area (Å²) in [5.41, 5.74) is 3.62. The van der Waals surface area contributed by atoms with Crippen LogP contribution in [0.5, 0.6) is 0 Å². The van der Waals surface area contributed by atoms with Crippen LogP contribution >= 0.6 is 12.2 Å². The number of hydrogen-bond acceptors (Lipinski definition) is 4. The van der Waals surface area contributed by atoms with E-state index in [-0.39, 0.29) is 24.2 Å². The summed E-state index contributed by atoms with van der Waals surface area (Å²) in [6.45, 7) is 2.15. The van der Waals surface area contributed by atoms with E-state index in [2.05, 4.69) is 15.5 Å². The quantitative estimate of drug-likeness (QED) is 0.365. The van der Waals surface area contributed by atoms with Crippen molar-refractivity contribution in [2.24, 2.45) is 0 Å². The van der Waals surface area contributed by atoms with Gasteiger partial charge in [-0.2, -0.15) is 4.98 Å². The molecule has 0 aliphatic carbocycles. The minimum atomic E-state index is -0.344. The van der Waals surface area contributed by atoms with Crippen molar-refractivity contribution in [2.45, 2.75) is 19.5 Å². The molecule has 1 unspecified atom stereocenters. The lowest BCUT2D eigenvalue weighted by Crippen LogP contribution is -2.45. The third kappa shape index (κ3) is 4.20. The molecule has 5 rings (SSSR count). The zero-order valence-electron chi connectivity index (χ0n) is 18.2. The zero-order chi connectivity index (χ0) is 23.7. The number of halogens is 2. The molecule has 34 heavy (non-hydrogen) atoms. The van der Waals surface area contributed by atoms with E-state index in [4.69, 9.17) is 16.7 Å². The topological polar surface area (TPSA) is 54.2 Å². The number of rotatable bonds is 5. The van der Waals surface area contributed by atoms with Gasteiger partial charge in [-0.25, -0.2) is 8.78 Å². The van der Waals surface area contributed by atoms with Gasteiger partial charge in [0.25, 0.3) is 5.89 Å². The molecule has 0 radical (unpaired) electrons. The monoisotopic (exact) mass is 474 g/mol. The van der Waals surface area contributed by atoms with Crippen molar-refractivity contribution in [3.05, 3.63) is 113 Å². The van der Waals surface area contributed by atoms with Gasteiger partial charge in [0, 0.05) is 16.8 Å². The third-order valence-electron chi connectivity index (χ3n) is 5.77. The van der Waals surface area contributed by atoms with Crippen molar-refractivity contribution in [3.8, 4) is 11.4 Å². The van der Waals surface area contributed by atoms with Crippen LogP contribution in [0.15, 0.2) is 89.1 Å². The number of hydrogen-bond donors (Lipinski definition) is 1. The Bertz CT molecular complexity index is 1370. The van der Waals surface area contributed by atoms with Crippen LogP contribution in [-0.4, -0.2) is 20.2 Å². The molecule has 8 heteroatoms. The van der Waals surface area contributed by atoms with Crippen LogP contribution < -0.4 is 5.32 Å². The first-order valence-electron chi connectivity index (χ1n) is 10.7. The van der Waals surface area contributed by atoms with E-state index < -0.39 is 0 Å². The summed E-state index contributed by atoms with van der Waals surface area (Å²) in [5.74, 6) is 0.000267. The van der Waals surface area contributed by atoms with E-state index in [1.165, 1.54) is 18.2 Å². The Balaban J connectivity index is 1.60. The molecule has 3 aromatic carbocycles. The molecule has 0 spiro atoms. The van der Waals surface area contributed by atoms with E-state index in [1.807, 2.05) is 42.2 Å². The van der Waals surface area contributed by atoms with Gasteiger partial charge in [0.1, 0.15) is 11.6 Å². The summed E-state index contributed by atoms with van der Waals surface area (Å²) in [6.07, 6.45) is 0. The maximum atomic E-state index is 14.4. The molecule has 5 nitrogen and oxygen atoms in total. The molecule has 170 valence electrons. The van der Waals surface area contributed by atoms with Crippen molar-refractivity contribution >= 4 is 22.9 Å². The molecule has 0 saturated carbocycles. The number of allylic oxidation sites excluding steroid dienone is 1. The van der Waals surface area contributed by atoms with Gasteiger partial charge in [0.15, 0.2) is 5.11 Å². The van der Waals surface area contributed by atoms with Gasteiger partial charge in [0.05, 0.1) is 18.2 Å². The molecule has 1 atom stereocenters. The highest BCUT2D eigenvalue weighted by Crippen LogP contribution is 2.38. The molecule has 0 fully saturated rings. The highest BCUT2D eigenvalue weighted by atomic mass is 32.1. The fraction of sp³-hybridized carbons (Fsp3) is 0.115. The average molecular weight is 475 g/mol. The van der Waals surface area contributed by atoms with Crippen molar-refractivity contribution in [2.75, 3.05) is 0 Å². The Kier molecular flexibility index (Phi) is 5.90. The molecular formula is C26H20F2N4OS. The fourth-order valence-corrected chi connectivity index (χ4v) is 4.31. The molecule has 4 aromatic rings. The van der Waals surface area contributed by atoms with E-state index in [0.717, 1.165) is 16.8 Å². The Morgan fingerprint density at radius 1 is 0.971 bits per heavy atom. The number of aromatic nitrogens is 2.